The topological polar surface area (TPSA) is 71.8 Å². The first-order valence-corrected chi connectivity index (χ1v) is 5.08. The summed E-state index contributed by atoms with van der Waals surface area (Å²) < 4.78 is 0.860. The SMILES string of the molecule is Nc1cc(=O)[nH]c(-c2ccccc2Br)n1. The first-order chi connectivity index (χ1) is 7.16. The molecule has 0 saturated heterocycles. The molecule has 15 heavy (non-hydrogen) atoms. The molecule has 0 aliphatic rings. The highest BCUT2D eigenvalue weighted by Gasteiger charge is 2.05. The van der Waals surface area contributed by atoms with Crippen molar-refractivity contribution in [2.75, 3.05) is 5.73 Å². The standard InChI is InChI=1S/C10H8BrN3O/c11-7-4-2-1-3-6(7)10-13-8(12)5-9(15)14-10/h1-5H,(H3,12,13,14,15). The van der Waals surface area contributed by atoms with E-state index in [1.165, 1.54) is 6.07 Å². The zero-order valence-corrected chi connectivity index (χ0v) is 9.28. The fraction of sp³-hybridized carbons (Fsp3) is 0. The average Bonchev–Trinajstić information content (AvgIpc) is 2.16. The van der Waals surface area contributed by atoms with E-state index in [1.807, 2.05) is 24.3 Å². The van der Waals surface area contributed by atoms with Gasteiger partial charge in [-0.2, -0.15) is 0 Å². The predicted molar refractivity (Wildman–Crippen MR) is 62.4 cm³/mol. The Morgan fingerprint density at radius 3 is 2.73 bits per heavy atom. The lowest BCUT2D eigenvalue weighted by Crippen LogP contribution is -2.09. The largest absolute Gasteiger partial charge is 0.383 e. The van der Waals surface area contributed by atoms with Crippen molar-refractivity contribution in [3.8, 4) is 11.4 Å². The molecule has 4 nitrogen and oxygen atoms in total. The maximum atomic E-state index is 11.2. The summed E-state index contributed by atoms with van der Waals surface area (Å²) in [5.74, 6) is 0.678. The quantitative estimate of drug-likeness (QED) is 0.826. The van der Waals surface area contributed by atoms with Gasteiger partial charge in [0.15, 0.2) is 0 Å². The van der Waals surface area contributed by atoms with Crippen molar-refractivity contribution in [1.82, 2.24) is 9.97 Å². The number of anilines is 1. The van der Waals surface area contributed by atoms with E-state index in [9.17, 15) is 4.79 Å². The predicted octanol–water partition coefficient (Wildman–Crippen LogP) is 1.78. The van der Waals surface area contributed by atoms with E-state index < -0.39 is 0 Å². The van der Waals surface area contributed by atoms with E-state index in [4.69, 9.17) is 5.73 Å². The van der Waals surface area contributed by atoms with Crippen molar-refractivity contribution < 1.29 is 0 Å². The zero-order chi connectivity index (χ0) is 10.8. The van der Waals surface area contributed by atoms with Gasteiger partial charge in [-0.15, -0.1) is 0 Å². The van der Waals surface area contributed by atoms with Gasteiger partial charge in [0.25, 0.3) is 5.56 Å². The van der Waals surface area contributed by atoms with Crippen LogP contribution < -0.4 is 11.3 Å². The third-order valence-electron chi connectivity index (χ3n) is 1.89. The molecule has 1 aromatic heterocycles. The van der Waals surface area contributed by atoms with Crippen molar-refractivity contribution in [2.45, 2.75) is 0 Å². The molecule has 1 heterocycles. The summed E-state index contributed by atoms with van der Waals surface area (Å²) in [7, 11) is 0. The molecule has 0 aliphatic heterocycles. The first kappa shape index (κ1) is 9.92. The van der Waals surface area contributed by atoms with E-state index in [2.05, 4.69) is 25.9 Å². The minimum absolute atomic E-state index is 0.213. The molecule has 0 spiro atoms. The van der Waals surface area contributed by atoms with Crippen molar-refractivity contribution >= 4 is 21.7 Å². The lowest BCUT2D eigenvalue weighted by Gasteiger charge is -2.03. The number of aromatic amines is 1. The monoisotopic (exact) mass is 265 g/mol. The molecule has 2 aromatic rings. The van der Waals surface area contributed by atoms with Gasteiger partial charge in [-0.05, 0) is 6.07 Å². The van der Waals surface area contributed by atoms with Crippen LogP contribution in [0.3, 0.4) is 0 Å². The van der Waals surface area contributed by atoms with Gasteiger partial charge in [-0.25, -0.2) is 4.98 Å². The molecule has 5 heteroatoms. The van der Waals surface area contributed by atoms with Crippen LogP contribution >= 0.6 is 15.9 Å². The second-order valence-corrected chi connectivity index (χ2v) is 3.85. The molecule has 1 aromatic carbocycles. The van der Waals surface area contributed by atoms with Crippen LogP contribution in [0.25, 0.3) is 11.4 Å². The highest BCUT2D eigenvalue weighted by atomic mass is 79.9. The van der Waals surface area contributed by atoms with E-state index in [0.717, 1.165) is 10.0 Å². The fourth-order valence-corrected chi connectivity index (χ4v) is 1.73. The number of halogens is 1. The van der Waals surface area contributed by atoms with Crippen LogP contribution in [0.15, 0.2) is 39.6 Å². The van der Waals surface area contributed by atoms with Crippen molar-refractivity contribution in [3.05, 3.63) is 45.2 Å². The van der Waals surface area contributed by atoms with E-state index in [1.54, 1.807) is 0 Å². The molecular weight excluding hydrogens is 258 g/mol. The number of nitrogen functional groups attached to an aromatic ring is 1. The molecule has 0 bridgehead atoms. The molecule has 0 atom stereocenters. The molecular formula is C10H8BrN3O. The van der Waals surface area contributed by atoms with Crippen LogP contribution in [0.2, 0.25) is 0 Å². The number of H-pyrrole nitrogens is 1. The summed E-state index contributed by atoms with van der Waals surface area (Å²) in [5, 5.41) is 0. The smallest absolute Gasteiger partial charge is 0.253 e. The Labute approximate surface area is 94.3 Å². The number of nitrogens with two attached hydrogens (primary N) is 1. The summed E-state index contributed by atoms with van der Waals surface area (Å²) in [4.78, 5) is 17.9. The Morgan fingerprint density at radius 1 is 1.33 bits per heavy atom. The lowest BCUT2D eigenvalue weighted by atomic mass is 10.2. The van der Waals surface area contributed by atoms with Crippen molar-refractivity contribution in [1.29, 1.82) is 0 Å². The molecule has 2 rings (SSSR count). The van der Waals surface area contributed by atoms with E-state index >= 15 is 0 Å². The van der Waals surface area contributed by atoms with Crippen LogP contribution in [-0.4, -0.2) is 9.97 Å². The highest BCUT2D eigenvalue weighted by Crippen LogP contribution is 2.24. The van der Waals surface area contributed by atoms with Crippen LogP contribution in [0.5, 0.6) is 0 Å². The number of hydrogen-bond acceptors (Lipinski definition) is 3. The van der Waals surface area contributed by atoms with Crippen molar-refractivity contribution in [2.24, 2.45) is 0 Å². The zero-order valence-electron chi connectivity index (χ0n) is 7.70. The number of nitrogens with one attached hydrogen (secondary N) is 1. The number of hydrogen-bond donors (Lipinski definition) is 2. The van der Waals surface area contributed by atoms with Gasteiger partial charge >= 0.3 is 0 Å². The Bertz CT molecular complexity index is 550. The second-order valence-electron chi connectivity index (χ2n) is 3.00. The summed E-state index contributed by atoms with van der Waals surface area (Å²) >= 11 is 3.38. The number of rotatable bonds is 1. The Hall–Kier alpha value is -1.62. The summed E-state index contributed by atoms with van der Waals surface area (Å²) in [6.07, 6.45) is 0. The molecule has 0 radical (unpaired) electrons. The lowest BCUT2D eigenvalue weighted by molar-refractivity contribution is 1.13. The van der Waals surface area contributed by atoms with Crippen molar-refractivity contribution in [3.63, 3.8) is 0 Å². The average molecular weight is 266 g/mol. The van der Waals surface area contributed by atoms with E-state index in [0.29, 0.717) is 5.82 Å². The van der Waals surface area contributed by atoms with E-state index in [-0.39, 0.29) is 11.4 Å². The van der Waals surface area contributed by atoms with Gasteiger partial charge in [0.2, 0.25) is 0 Å². The van der Waals surface area contributed by atoms with Crippen LogP contribution in [0, 0.1) is 0 Å². The Kier molecular flexibility index (Phi) is 2.55. The van der Waals surface area contributed by atoms with Gasteiger partial charge in [0.05, 0.1) is 0 Å². The van der Waals surface area contributed by atoms with Gasteiger partial charge in [-0.1, -0.05) is 34.1 Å². The number of benzene rings is 1. The second kappa shape index (κ2) is 3.86. The summed E-state index contributed by atoms with van der Waals surface area (Å²) in [6.45, 7) is 0. The number of aromatic nitrogens is 2. The van der Waals surface area contributed by atoms with Gasteiger partial charge in [0.1, 0.15) is 11.6 Å². The normalized spacial score (nSPS) is 10.2. The maximum Gasteiger partial charge on any atom is 0.253 e. The van der Waals surface area contributed by atoms with Gasteiger partial charge < -0.3 is 10.7 Å². The van der Waals surface area contributed by atoms with Gasteiger partial charge in [0, 0.05) is 16.1 Å². The molecule has 0 amide bonds. The minimum atomic E-state index is -0.256. The van der Waals surface area contributed by atoms with Crippen LogP contribution in [-0.2, 0) is 0 Å². The third kappa shape index (κ3) is 2.07. The number of nitrogens with zero attached hydrogens (tertiary/aromatic N) is 1. The Balaban J connectivity index is 2.64. The first-order valence-electron chi connectivity index (χ1n) is 4.28. The molecule has 3 N–H and O–H groups in total. The molecule has 76 valence electrons. The molecule has 0 aliphatic carbocycles. The van der Waals surface area contributed by atoms with Crippen LogP contribution in [0.4, 0.5) is 5.82 Å². The maximum absolute atomic E-state index is 11.2. The Morgan fingerprint density at radius 2 is 2.07 bits per heavy atom. The fourth-order valence-electron chi connectivity index (χ4n) is 1.26. The third-order valence-corrected chi connectivity index (χ3v) is 2.58. The summed E-state index contributed by atoms with van der Waals surface area (Å²) in [6, 6.07) is 8.72. The van der Waals surface area contributed by atoms with Crippen LogP contribution in [0.1, 0.15) is 0 Å². The molecule has 0 fully saturated rings. The summed E-state index contributed by atoms with van der Waals surface area (Å²) in [5.41, 5.74) is 6.05. The molecule has 0 saturated carbocycles. The molecule has 0 unspecified atom stereocenters. The minimum Gasteiger partial charge on any atom is -0.383 e. The highest BCUT2D eigenvalue weighted by molar-refractivity contribution is 9.10. The van der Waals surface area contributed by atoms with Gasteiger partial charge in [-0.3, -0.25) is 4.79 Å².